The largest absolute Gasteiger partial charge is 0.348 e. The maximum atomic E-state index is 13.1. The van der Waals surface area contributed by atoms with Crippen molar-refractivity contribution in [3.05, 3.63) is 70.5 Å². The van der Waals surface area contributed by atoms with E-state index < -0.39 is 5.82 Å². The van der Waals surface area contributed by atoms with E-state index in [4.69, 9.17) is 11.6 Å². The van der Waals surface area contributed by atoms with Crippen LogP contribution in [0.1, 0.15) is 28.8 Å². The second-order valence-electron chi connectivity index (χ2n) is 6.16. The first-order valence-corrected chi connectivity index (χ1v) is 8.52. The first kappa shape index (κ1) is 16.9. The Kier molecular flexibility index (Phi) is 5.48. The summed E-state index contributed by atoms with van der Waals surface area (Å²) in [6.45, 7) is 2.71. The summed E-state index contributed by atoms with van der Waals surface area (Å²) in [4.78, 5) is 14.7. The van der Waals surface area contributed by atoms with Crippen LogP contribution in [0.2, 0.25) is 5.02 Å². The quantitative estimate of drug-likeness (QED) is 0.911. The van der Waals surface area contributed by atoms with Crippen LogP contribution in [0.3, 0.4) is 0 Å². The molecule has 1 aliphatic rings. The molecule has 0 unspecified atom stereocenters. The van der Waals surface area contributed by atoms with E-state index in [2.05, 4.69) is 22.3 Å². The van der Waals surface area contributed by atoms with Gasteiger partial charge in [-0.3, -0.25) is 9.69 Å². The second kappa shape index (κ2) is 7.77. The summed E-state index contributed by atoms with van der Waals surface area (Å²) in [5.41, 5.74) is 1.59. The maximum Gasteiger partial charge on any atom is 0.253 e. The number of carbonyl (C=O) groups excluding carboxylic acids is 1. The van der Waals surface area contributed by atoms with E-state index in [1.54, 1.807) is 0 Å². The van der Waals surface area contributed by atoms with Gasteiger partial charge in [-0.2, -0.15) is 0 Å². The minimum Gasteiger partial charge on any atom is -0.348 e. The summed E-state index contributed by atoms with van der Waals surface area (Å²) >= 11 is 5.97. The van der Waals surface area contributed by atoms with Gasteiger partial charge in [0.25, 0.3) is 5.91 Å². The molecular weight excluding hydrogens is 327 g/mol. The molecule has 0 radical (unpaired) electrons. The first-order chi connectivity index (χ1) is 11.6. The lowest BCUT2D eigenvalue weighted by atomic mass is 10.0. The average Bonchev–Trinajstić information content (AvgIpc) is 2.56. The number of nitrogens with zero attached hydrogens (tertiary/aromatic N) is 1. The zero-order valence-corrected chi connectivity index (χ0v) is 14.1. The third-order valence-electron chi connectivity index (χ3n) is 4.27. The van der Waals surface area contributed by atoms with E-state index in [0.29, 0.717) is 5.56 Å². The third-order valence-corrected chi connectivity index (χ3v) is 4.58. The normalized spacial score (nSPS) is 18.3. The summed E-state index contributed by atoms with van der Waals surface area (Å²) in [5, 5.41) is 3.17. The number of amides is 1. The third kappa shape index (κ3) is 4.34. The van der Waals surface area contributed by atoms with Crippen LogP contribution >= 0.6 is 11.6 Å². The molecule has 1 saturated heterocycles. The van der Waals surface area contributed by atoms with Gasteiger partial charge in [-0.1, -0.05) is 41.9 Å². The predicted molar refractivity (Wildman–Crippen MR) is 93.6 cm³/mol. The molecule has 0 aliphatic carbocycles. The minimum absolute atomic E-state index is 0.0797. The Morgan fingerprint density at radius 3 is 2.79 bits per heavy atom. The van der Waals surface area contributed by atoms with Gasteiger partial charge in [-0.25, -0.2) is 4.39 Å². The lowest BCUT2D eigenvalue weighted by Gasteiger charge is -2.33. The Morgan fingerprint density at radius 1 is 1.25 bits per heavy atom. The van der Waals surface area contributed by atoms with E-state index in [1.807, 2.05) is 18.2 Å². The fourth-order valence-electron chi connectivity index (χ4n) is 3.10. The summed E-state index contributed by atoms with van der Waals surface area (Å²) in [6, 6.07) is 14.2. The number of piperidine rings is 1. The number of halogens is 2. The lowest BCUT2D eigenvalue weighted by Crippen LogP contribution is -2.47. The number of benzene rings is 2. The highest BCUT2D eigenvalue weighted by atomic mass is 35.5. The van der Waals surface area contributed by atoms with Crippen LogP contribution in [-0.2, 0) is 6.54 Å². The van der Waals surface area contributed by atoms with Gasteiger partial charge in [0.15, 0.2) is 0 Å². The highest BCUT2D eigenvalue weighted by Crippen LogP contribution is 2.19. The molecule has 3 nitrogen and oxygen atoms in total. The number of likely N-dealkylation sites (tertiary alicyclic amines) is 1. The molecule has 1 fully saturated rings. The molecule has 0 saturated carbocycles. The Balaban J connectivity index is 1.59. The molecule has 126 valence electrons. The fraction of sp³-hybridized carbons (Fsp3) is 0.316. The van der Waals surface area contributed by atoms with Crippen molar-refractivity contribution in [2.45, 2.75) is 25.4 Å². The highest BCUT2D eigenvalue weighted by molar-refractivity contribution is 6.33. The highest BCUT2D eigenvalue weighted by Gasteiger charge is 2.22. The van der Waals surface area contributed by atoms with E-state index in [0.717, 1.165) is 32.5 Å². The molecule has 24 heavy (non-hydrogen) atoms. The second-order valence-corrected chi connectivity index (χ2v) is 6.56. The molecule has 2 aromatic rings. The summed E-state index contributed by atoms with van der Waals surface area (Å²) < 4.78 is 13.1. The van der Waals surface area contributed by atoms with E-state index in [-0.39, 0.29) is 17.0 Å². The van der Waals surface area contributed by atoms with Crippen molar-refractivity contribution in [3.63, 3.8) is 0 Å². The maximum absolute atomic E-state index is 13.1. The van der Waals surface area contributed by atoms with Crippen LogP contribution in [-0.4, -0.2) is 29.9 Å². The minimum atomic E-state index is -0.441. The molecule has 1 N–H and O–H groups in total. The van der Waals surface area contributed by atoms with Crippen molar-refractivity contribution in [1.29, 1.82) is 0 Å². The van der Waals surface area contributed by atoms with Gasteiger partial charge in [0.1, 0.15) is 5.82 Å². The van der Waals surface area contributed by atoms with Crippen molar-refractivity contribution in [2.24, 2.45) is 0 Å². The number of nitrogens with one attached hydrogen (secondary N) is 1. The van der Waals surface area contributed by atoms with Crippen LogP contribution in [0.15, 0.2) is 48.5 Å². The standard InChI is InChI=1S/C19H20ClFN2O/c20-18-11-15(21)8-9-17(18)19(24)22-16-7-4-10-23(13-16)12-14-5-2-1-3-6-14/h1-3,5-6,8-9,11,16H,4,7,10,12-13H2,(H,22,24)/t16-/m1/s1. The number of hydrogen-bond donors (Lipinski definition) is 1. The first-order valence-electron chi connectivity index (χ1n) is 8.14. The van der Waals surface area contributed by atoms with Crippen LogP contribution in [0.5, 0.6) is 0 Å². The molecule has 2 aromatic carbocycles. The summed E-state index contributed by atoms with van der Waals surface area (Å²) in [5.74, 6) is -0.685. The molecule has 1 atom stereocenters. The Morgan fingerprint density at radius 2 is 2.04 bits per heavy atom. The van der Waals surface area contributed by atoms with Gasteiger partial charge in [0.05, 0.1) is 10.6 Å². The van der Waals surface area contributed by atoms with Crippen LogP contribution < -0.4 is 5.32 Å². The summed E-state index contributed by atoms with van der Waals surface area (Å²) in [7, 11) is 0. The molecular formula is C19H20ClFN2O. The van der Waals surface area contributed by atoms with Crippen molar-refractivity contribution in [3.8, 4) is 0 Å². The van der Waals surface area contributed by atoms with Crippen LogP contribution in [0.4, 0.5) is 4.39 Å². The number of rotatable bonds is 4. The van der Waals surface area contributed by atoms with Crippen molar-refractivity contribution in [2.75, 3.05) is 13.1 Å². The molecule has 1 amide bonds. The molecule has 1 heterocycles. The smallest absolute Gasteiger partial charge is 0.253 e. The number of carbonyl (C=O) groups is 1. The Labute approximate surface area is 146 Å². The van der Waals surface area contributed by atoms with E-state index in [9.17, 15) is 9.18 Å². The zero-order chi connectivity index (χ0) is 16.9. The monoisotopic (exact) mass is 346 g/mol. The van der Waals surface area contributed by atoms with Crippen LogP contribution in [0.25, 0.3) is 0 Å². The fourth-order valence-corrected chi connectivity index (χ4v) is 3.35. The Bertz CT molecular complexity index is 708. The van der Waals surface area contributed by atoms with Gasteiger partial charge in [-0.05, 0) is 43.1 Å². The van der Waals surface area contributed by atoms with E-state index >= 15 is 0 Å². The van der Waals surface area contributed by atoms with Crippen molar-refractivity contribution < 1.29 is 9.18 Å². The average molecular weight is 347 g/mol. The lowest BCUT2D eigenvalue weighted by molar-refractivity contribution is 0.0901. The molecule has 0 bridgehead atoms. The van der Waals surface area contributed by atoms with E-state index in [1.165, 1.54) is 23.8 Å². The van der Waals surface area contributed by atoms with Gasteiger partial charge in [0, 0.05) is 19.1 Å². The van der Waals surface area contributed by atoms with Gasteiger partial charge in [-0.15, -0.1) is 0 Å². The summed E-state index contributed by atoms with van der Waals surface area (Å²) in [6.07, 6.45) is 1.98. The predicted octanol–water partition coefficient (Wildman–Crippen LogP) is 3.87. The van der Waals surface area contributed by atoms with Crippen molar-refractivity contribution in [1.82, 2.24) is 10.2 Å². The van der Waals surface area contributed by atoms with Gasteiger partial charge >= 0.3 is 0 Å². The topological polar surface area (TPSA) is 32.3 Å². The molecule has 1 aliphatic heterocycles. The molecule has 0 spiro atoms. The van der Waals surface area contributed by atoms with Gasteiger partial charge in [0.2, 0.25) is 0 Å². The number of hydrogen-bond acceptors (Lipinski definition) is 2. The van der Waals surface area contributed by atoms with Gasteiger partial charge < -0.3 is 5.32 Å². The Hall–Kier alpha value is -1.91. The SMILES string of the molecule is O=C(N[C@@H]1CCCN(Cc2ccccc2)C1)c1ccc(F)cc1Cl. The molecule has 0 aromatic heterocycles. The zero-order valence-electron chi connectivity index (χ0n) is 13.3. The van der Waals surface area contributed by atoms with Crippen molar-refractivity contribution >= 4 is 17.5 Å². The molecule has 3 rings (SSSR count). The van der Waals surface area contributed by atoms with Crippen LogP contribution in [0, 0.1) is 5.82 Å². The molecule has 5 heteroatoms.